The first kappa shape index (κ1) is 19.4. The molecule has 0 unspecified atom stereocenters. The molecule has 0 aliphatic rings. The van der Waals surface area contributed by atoms with E-state index >= 15 is 0 Å². The molecule has 0 saturated carbocycles. The molecule has 0 radical (unpaired) electrons. The molecule has 1 aromatic heterocycles. The molecule has 7 nitrogen and oxygen atoms in total. The average molecular weight is 381 g/mol. The van der Waals surface area contributed by atoms with E-state index in [-0.39, 0.29) is 12.5 Å². The minimum atomic E-state index is -0.0635. The standard InChI is InChI=1S/C21H23N3O4/c1-5-24(21(25)16-9-7-6-8-14(16)2)13-19-22-20(23-28-19)15-10-11-17(26-3)18(12-15)27-4/h6-12H,5,13H2,1-4H3. The largest absolute Gasteiger partial charge is 0.493 e. The van der Waals surface area contributed by atoms with Crippen LogP contribution in [0.5, 0.6) is 11.5 Å². The number of ether oxygens (including phenoxy) is 2. The third-order valence-corrected chi connectivity index (χ3v) is 4.48. The first-order valence-corrected chi connectivity index (χ1v) is 8.97. The van der Waals surface area contributed by atoms with Crippen LogP contribution in [0.4, 0.5) is 0 Å². The van der Waals surface area contributed by atoms with Crippen LogP contribution in [0.15, 0.2) is 47.0 Å². The van der Waals surface area contributed by atoms with Gasteiger partial charge >= 0.3 is 0 Å². The molecule has 146 valence electrons. The quantitative estimate of drug-likeness (QED) is 0.621. The molecule has 0 fully saturated rings. The van der Waals surface area contributed by atoms with Crippen molar-refractivity contribution in [3.63, 3.8) is 0 Å². The fourth-order valence-electron chi connectivity index (χ4n) is 2.89. The van der Waals surface area contributed by atoms with Gasteiger partial charge in [0.05, 0.1) is 14.2 Å². The Hall–Kier alpha value is -3.35. The number of hydrogen-bond donors (Lipinski definition) is 0. The van der Waals surface area contributed by atoms with E-state index in [4.69, 9.17) is 14.0 Å². The van der Waals surface area contributed by atoms with Gasteiger partial charge in [-0.1, -0.05) is 23.4 Å². The lowest BCUT2D eigenvalue weighted by Gasteiger charge is -2.19. The number of carbonyl (C=O) groups excluding carboxylic acids is 1. The van der Waals surface area contributed by atoms with E-state index in [2.05, 4.69) is 10.1 Å². The molecular weight excluding hydrogens is 358 g/mol. The van der Waals surface area contributed by atoms with E-state index in [0.29, 0.717) is 35.3 Å². The Balaban J connectivity index is 1.80. The summed E-state index contributed by atoms with van der Waals surface area (Å²) in [5.74, 6) is 1.93. The number of hydrogen-bond acceptors (Lipinski definition) is 6. The van der Waals surface area contributed by atoms with Crippen LogP contribution in [0.25, 0.3) is 11.4 Å². The number of aryl methyl sites for hydroxylation is 1. The molecule has 0 saturated heterocycles. The maximum Gasteiger partial charge on any atom is 0.254 e. The monoisotopic (exact) mass is 381 g/mol. The van der Waals surface area contributed by atoms with Crippen molar-refractivity contribution in [2.24, 2.45) is 0 Å². The van der Waals surface area contributed by atoms with Crippen LogP contribution < -0.4 is 9.47 Å². The fourth-order valence-corrected chi connectivity index (χ4v) is 2.89. The predicted octanol–water partition coefficient (Wildman–Crippen LogP) is 3.72. The maximum atomic E-state index is 12.8. The van der Waals surface area contributed by atoms with Gasteiger partial charge in [-0.05, 0) is 43.7 Å². The first-order chi connectivity index (χ1) is 13.6. The topological polar surface area (TPSA) is 77.7 Å². The van der Waals surface area contributed by atoms with E-state index in [1.54, 1.807) is 31.3 Å². The number of carbonyl (C=O) groups is 1. The van der Waals surface area contributed by atoms with Crippen molar-refractivity contribution in [3.05, 3.63) is 59.5 Å². The third-order valence-electron chi connectivity index (χ3n) is 4.48. The normalized spacial score (nSPS) is 10.6. The molecule has 28 heavy (non-hydrogen) atoms. The minimum absolute atomic E-state index is 0.0635. The van der Waals surface area contributed by atoms with E-state index in [9.17, 15) is 4.79 Å². The van der Waals surface area contributed by atoms with Crippen LogP contribution in [0, 0.1) is 6.92 Å². The van der Waals surface area contributed by atoms with Crippen molar-refractivity contribution in [1.29, 1.82) is 0 Å². The Labute approximate surface area is 163 Å². The summed E-state index contributed by atoms with van der Waals surface area (Å²) in [4.78, 5) is 18.9. The van der Waals surface area contributed by atoms with E-state index in [1.807, 2.05) is 44.2 Å². The zero-order valence-corrected chi connectivity index (χ0v) is 16.4. The zero-order chi connectivity index (χ0) is 20.1. The van der Waals surface area contributed by atoms with Gasteiger partial charge < -0.3 is 18.9 Å². The van der Waals surface area contributed by atoms with Crippen LogP contribution in [0.2, 0.25) is 0 Å². The predicted molar refractivity (Wildman–Crippen MR) is 104 cm³/mol. The highest BCUT2D eigenvalue weighted by atomic mass is 16.5. The summed E-state index contributed by atoms with van der Waals surface area (Å²) in [6, 6.07) is 12.9. The second kappa shape index (κ2) is 8.56. The molecule has 3 rings (SSSR count). The van der Waals surface area contributed by atoms with Gasteiger partial charge in [-0.3, -0.25) is 4.79 Å². The summed E-state index contributed by atoms with van der Waals surface area (Å²) in [6.07, 6.45) is 0. The minimum Gasteiger partial charge on any atom is -0.493 e. The Bertz CT molecular complexity index is 968. The van der Waals surface area contributed by atoms with Gasteiger partial charge in [0.25, 0.3) is 5.91 Å². The highest BCUT2D eigenvalue weighted by Crippen LogP contribution is 2.31. The summed E-state index contributed by atoms with van der Waals surface area (Å²) < 4.78 is 15.9. The molecular formula is C21H23N3O4. The van der Waals surface area contributed by atoms with Crippen molar-refractivity contribution in [2.75, 3.05) is 20.8 Å². The summed E-state index contributed by atoms with van der Waals surface area (Å²) in [6.45, 7) is 4.61. The molecule has 0 aliphatic heterocycles. The second-order valence-corrected chi connectivity index (χ2v) is 6.22. The molecule has 0 N–H and O–H groups in total. The molecule has 1 amide bonds. The number of rotatable bonds is 7. The molecule has 1 heterocycles. The Morgan fingerprint density at radius 2 is 1.86 bits per heavy atom. The van der Waals surface area contributed by atoms with Crippen molar-refractivity contribution < 1.29 is 18.8 Å². The Kier molecular flexibility index (Phi) is 5.93. The molecule has 0 bridgehead atoms. The molecule has 0 spiro atoms. The molecule has 2 aromatic carbocycles. The Morgan fingerprint density at radius 3 is 2.54 bits per heavy atom. The summed E-state index contributed by atoms with van der Waals surface area (Å²) in [5.41, 5.74) is 2.34. The van der Waals surface area contributed by atoms with E-state index in [0.717, 1.165) is 11.1 Å². The highest BCUT2D eigenvalue weighted by Gasteiger charge is 2.20. The number of methoxy groups -OCH3 is 2. The van der Waals surface area contributed by atoms with Gasteiger partial charge in [0.15, 0.2) is 11.5 Å². The van der Waals surface area contributed by atoms with Crippen molar-refractivity contribution >= 4 is 5.91 Å². The number of amides is 1. The van der Waals surface area contributed by atoms with Gasteiger partial charge in [-0.2, -0.15) is 4.98 Å². The zero-order valence-electron chi connectivity index (χ0n) is 16.4. The van der Waals surface area contributed by atoms with Crippen molar-refractivity contribution in [2.45, 2.75) is 20.4 Å². The Morgan fingerprint density at radius 1 is 1.11 bits per heavy atom. The SMILES string of the molecule is CCN(Cc1nc(-c2ccc(OC)c(OC)c2)no1)C(=O)c1ccccc1C. The number of aromatic nitrogens is 2. The highest BCUT2D eigenvalue weighted by molar-refractivity contribution is 5.95. The average Bonchev–Trinajstić information content (AvgIpc) is 3.20. The van der Waals surface area contributed by atoms with Gasteiger partial charge in [-0.15, -0.1) is 0 Å². The molecule has 7 heteroatoms. The lowest BCUT2D eigenvalue weighted by Crippen LogP contribution is -2.30. The number of benzene rings is 2. The summed E-state index contributed by atoms with van der Waals surface area (Å²) in [7, 11) is 3.15. The summed E-state index contributed by atoms with van der Waals surface area (Å²) in [5, 5.41) is 4.03. The lowest BCUT2D eigenvalue weighted by molar-refractivity contribution is 0.0734. The van der Waals surface area contributed by atoms with Crippen LogP contribution in [-0.2, 0) is 6.54 Å². The maximum absolute atomic E-state index is 12.8. The smallest absolute Gasteiger partial charge is 0.254 e. The number of nitrogens with zero attached hydrogens (tertiary/aromatic N) is 3. The molecule has 0 atom stereocenters. The van der Waals surface area contributed by atoms with Crippen molar-refractivity contribution in [3.8, 4) is 22.9 Å². The van der Waals surface area contributed by atoms with E-state index < -0.39 is 0 Å². The molecule has 3 aromatic rings. The third kappa shape index (κ3) is 3.98. The van der Waals surface area contributed by atoms with Crippen LogP contribution in [-0.4, -0.2) is 41.7 Å². The van der Waals surface area contributed by atoms with Crippen molar-refractivity contribution in [1.82, 2.24) is 15.0 Å². The van der Waals surface area contributed by atoms with Gasteiger partial charge in [0.2, 0.25) is 11.7 Å². The lowest BCUT2D eigenvalue weighted by atomic mass is 10.1. The van der Waals surface area contributed by atoms with Gasteiger partial charge in [-0.25, -0.2) is 0 Å². The van der Waals surface area contributed by atoms with Gasteiger partial charge in [0.1, 0.15) is 6.54 Å². The second-order valence-electron chi connectivity index (χ2n) is 6.22. The van der Waals surface area contributed by atoms with Gasteiger partial charge in [0, 0.05) is 17.7 Å². The summed E-state index contributed by atoms with van der Waals surface area (Å²) >= 11 is 0. The van der Waals surface area contributed by atoms with E-state index in [1.165, 1.54) is 0 Å². The van der Waals surface area contributed by atoms with Crippen LogP contribution in [0.1, 0.15) is 28.7 Å². The fraction of sp³-hybridized carbons (Fsp3) is 0.286. The first-order valence-electron chi connectivity index (χ1n) is 8.97. The molecule has 0 aliphatic carbocycles. The van der Waals surface area contributed by atoms with Crippen LogP contribution >= 0.6 is 0 Å². The van der Waals surface area contributed by atoms with Crippen LogP contribution in [0.3, 0.4) is 0 Å².